The fraction of sp³-hybridized carbons (Fsp3) is 0.889. The van der Waals surface area contributed by atoms with Crippen molar-refractivity contribution in [3.8, 4) is 0 Å². The summed E-state index contributed by atoms with van der Waals surface area (Å²) in [5.41, 5.74) is 0. The predicted molar refractivity (Wildman–Crippen MR) is 55.5 cm³/mol. The zero-order chi connectivity index (χ0) is 10.6. The first-order chi connectivity index (χ1) is 6.77. The summed E-state index contributed by atoms with van der Waals surface area (Å²) in [6.45, 7) is 4.60. The molecule has 0 aliphatic rings. The highest BCUT2D eigenvalue weighted by atomic mass is 32.1. The molecule has 0 heterocycles. The standard InChI is InChI=1S/C9H17O4S/c1-2-3-4-11-5-6-12-7-8-13-9(10)14/h2-8H2,1H3. The van der Waals surface area contributed by atoms with Crippen LogP contribution in [0.1, 0.15) is 19.8 Å². The lowest BCUT2D eigenvalue weighted by molar-refractivity contribution is 0.0307. The van der Waals surface area contributed by atoms with E-state index in [4.69, 9.17) is 9.47 Å². The second kappa shape index (κ2) is 10.7. The highest BCUT2D eigenvalue weighted by Gasteiger charge is 1.94. The predicted octanol–water partition coefficient (Wildman–Crippen LogP) is 2.15. The van der Waals surface area contributed by atoms with E-state index >= 15 is 0 Å². The third-order valence-electron chi connectivity index (χ3n) is 1.46. The zero-order valence-electron chi connectivity index (χ0n) is 8.49. The van der Waals surface area contributed by atoms with Crippen molar-refractivity contribution in [2.24, 2.45) is 0 Å². The summed E-state index contributed by atoms with van der Waals surface area (Å²) in [7, 11) is 0. The van der Waals surface area contributed by atoms with Gasteiger partial charge in [-0.3, -0.25) is 0 Å². The fourth-order valence-corrected chi connectivity index (χ4v) is 0.836. The van der Waals surface area contributed by atoms with Crippen LogP contribution in [0.15, 0.2) is 0 Å². The minimum Gasteiger partial charge on any atom is -0.452 e. The van der Waals surface area contributed by atoms with Crippen LogP contribution in [0.3, 0.4) is 0 Å². The van der Waals surface area contributed by atoms with Gasteiger partial charge >= 0.3 is 5.30 Å². The largest absolute Gasteiger partial charge is 0.452 e. The van der Waals surface area contributed by atoms with E-state index in [9.17, 15) is 4.79 Å². The number of carbonyl (C=O) groups excluding carboxylic acids is 1. The molecule has 4 nitrogen and oxygen atoms in total. The molecule has 0 aromatic heterocycles. The molecule has 14 heavy (non-hydrogen) atoms. The Morgan fingerprint density at radius 2 is 1.64 bits per heavy atom. The summed E-state index contributed by atoms with van der Waals surface area (Å²) in [4.78, 5) is 10.2. The van der Waals surface area contributed by atoms with Gasteiger partial charge in [-0.05, 0) is 6.42 Å². The molecular weight excluding hydrogens is 204 g/mol. The van der Waals surface area contributed by atoms with Crippen molar-refractivity contribution in [3.63, 3.8) is 0 Å². The van der Waals surface area contributed by atoms with Crippen molar-refractivity contribution >= 4 is 17.9 Å². The Morgan fingerprint density at radius 1 is 1.07 bits per heavy atom. The van der Waals surface area contributed by atoms with Gasteiger partial charge < -0.3 is 14.2 Å². The second-order valence-corrected chi connectivity index (χ2v) is 3.01. The van der Waals surface area contributed by atoms with Crippen LogP contribution in [-0.4, -0.2) is 38.3 Å². The maximum absolute atomic E-state index is 10.2. The Bertz CT molecular complexity index is 141. The molecule has 0 aromatic rings. The Hall–Kier alpha value is -0.390. The minimum absolute atomic E-state index is 0.220. The normalized spacial score (nSPS) is 10.1. The molecule has 0 atom stereocenters. The van der Waals surface area contributed by atoms with Gasteiger partial charge in [0.05, 0.1) is 19.8 Å². The van der Waals surface area contributed by atoms with Crippen LogP contribution >= 0.6 is 12.6 Å². The summed E-state index contributed by atoms with van der Waals surface area (Å²) in [6.07, 6.45) is 2.21. The minimum atomic E-state index is -0.687. The van der Waals surface area contributed by atoms with Crippen molar-refractivity contribution in [1.82, 2.24) is 0 Å². The Balaban J connectivity index is 2.88. The van der Waals surface area contributed by atoms with E-state index in [2.05, 4.69) is 24.3 Å². The van der Waals surface area contributed by atoms with Gasteiger partial charge in [-0.25, -0.2) is 4.79 Å². The smallest absolute Gasteiger partial charge is 0.400 e. The third kappa shape index (κ3) is 11.6. The number of hydrogen-bond donors (Lipinski definition) is 0. The SMILES string of the molecule is CCCCOCCOCCOC(=O)[S]. The average molecular weight is 221 g/mol. The molecule has 1 radical (unpaired) electrons. The highest BCUT2D eigenvalue weighted by Crippen LogP contribution is 1.89. The number of carbonyl (C=O) groups is 1. The maximum Gasteiger partial charge on any atom is 0.400 e. The van der Waals surface area contributed by atoms with Crippen molar-refractivity contribution in [3.05, 3.63) is 0 Å². The molecule has 0 rings (SSSR count). The van der Waals surface area contributed by atoms with E-state index in [1.807, 2.05) is 0 Å². The number of hydrogen-bond acceptors (Lipinski definition) is 4. The molecule has 0 amide bonds. The lowest BCUT2D eigenvalue weighted by atomic mass is 10.4. The van der Waals surface area contributed by atoms with E-state index in [0.717, 1.165) is 19.4 Å². The van der Waals surface area contributed by atoms with Gasteiger partial charge in [-0.2, -0.15) is 0 Å². The monoisotopic (exact) mass is 221 g/mol. The van der Waals surface area contributed by atoms with Gasteiger partial charge in [0.2, 0.25) is 0 Å². The first-order valence-corrected chi connectivity index (χ1v) is 5.17. The summed E-state index contributed by atoms with van der Waals surface area (Å²) in [5.74, 6) is 0. The van der Waals surface area contributed by atoms with Gasteiger partial charge in [0.15, 0.2) is 0 Å². The summed E-state index contributed by atoms with van der Waals surface area (Å²) >= 11 is 4.19. The topological polar surface area (TPSA) is 44.8 Å². The van der Waals surface area contributed by atoms with E-state index in [0.29, 0.717) is 19.8 Å². The van der Waals surface area contributed by atoms with Crippen molar-refractivity contribution in [2.75, 3.05) is 33.0 Å². The molecule has 5 heteroatoms. The molecule has 0 bridgehead atoms. The summed E-state index contributed by atoms with van der Waals surface area (Å²) in [5, 5.41) is -0.687. The number of unbranched alkanes of at least 4 members (excludes halogenated alkanes) is 1. The lowest BCUT2D eigenvalue weighted by Crippen LogP contribution is -2.10. The molecule has 83 valence electrons. The van der Waals surface area contributed by atoms with Crippen LogP contribution in [-0.2, 0) is 14.2 Å². The molecular formula is C9H17O4S. The first kappa shape index (κ1) is 13.6. The summed E-state index contributed by atoms with van der Waals surface area (Å²) in [6, 6.07) is 0. The molecule has 0 aliphatic carbocycles. The van der Waals surface area contributed by atoms with E-state index < -0.39 is 5.30 Å². The Morgan fingerprint density at radius 3 is 2.21 bits per heavy atom. The lowest BCUT2D eigenvalue weighted by Gasteiger charge is -2.04. The van der Waals surface area contributed by atoms with Crippen LogP contribution in [0.5, 0.6) is 0 Å². The van der Waals surface area contributed by atoms with E-state index in [1.54, 1.807) is 0 Å². The molecule has 0 aromatic carbocycles. The third-order valence-corrected chi connectivity index (χ3v) is 1.58. The fourth-order valence-electron chi connectivity index (χ4n) is 0.752. The van der Waals surface area contributed by atoms with Crippen molar-refractivity contribution < 1.29 is 19.0 Å². The van der Waals surface area contributed by atoms with E-state index in [1.165, 1.54) is 0 Å². The molecule has 0 saturated heterocycles. The van der Waals surface area contributed by atoms with Crippen LogP contribution in [0, 0.1) is 0 Å². The average Bonchev–Trinajstić information content (AvgIpc) is 2.15. The van der Waals surface area contributed by atoms with Crippen molar-refractivity contribution in [1.29, 1.82) is 0 Å². The Kier molecular flexibility index (Phi) is 10.4. The van der Waals surface area contributed by atoms with Crippen LogP contribution in [0.25, 0.3) is 0 Å². The number of rotatable bonds is 9. The second-order valence-electron chi connectivity index (χ2n) is 2.68. The first-order valence-electron chi connectivity index (χ1n) is 4.76. The van der Waals surface area contributed by atoms with Crippen LogP contribution in [0.2, 0.25) is 0 Å². The molecule has 0 saturated carbocycles. The van der Waals surface area contributed by atoms with E-state index in [-0.39, 0.29) is 6.61 Å². The van der Waals surface area contributed by atoms with Gasteiger partial charge in [0.1, 0.15) is 6.61 Å². The zero-order valence-corrected chi connectivity index (χ0v) is 9.31. The molecule has 0 unspecified atom stereocenters. The summed E-state index contributed by atoms with van der Waals surface area (Å²) < 4.78 is 14.9. The number of ether oxygens (including phenoxy) is 3. The van der Waals surface area contributed by atoms with Gasteiger partial charge in [0.25, 0.3) is 0 Å². The van der Waals surface area contributed by atoms with Gasteiger partial charge in [-0.1, -0.05) is 13.3 Å². The van der Waals surface area contributed by atoms with Gasteiger partial charge in [0, 0.05) is 19.2 Å². The molecule has 0 fully saturated rings. The molecule has 0 spiro atoms. The molecule has 0 aliphatic heterocycles. The quantitative estimate of drug-likeness (QED) is 0.442. The van der Waals surface area contributed by atoms with Gasteiger partial charge in [-0.15, -0.1) is 0 Å². The van der Waals surface area contributed by atoms with Crippen LogP contribution < -0.4 is 0 Å². The van der Waals surface area contributed by atoms with Crippen LogP contribution in [0.4, 0.5) is 4.79 Å². The Labute approximate surface area is 90.3 Å². The highest BCUT2D eigenvalue weighted by molar-refractivity contribution is 7.96. The molecule has 0 N–H and O–H groups in total. The van der Waals surface area contributed by atoms with Crippen molar-refractivity contribution in [2.45, 2.75) is 19.8 Å². The maximum atomic E-state index is 10.2.